The van der Waals surface area contributed by atoms with Crippen molar-refractivity contribution in [1.82, 2.24) is 40.7 Å². The van der Waals surface area contributed by atoms with Gasteiger partial charge >= 0.3 is 29.6 Å². The zero-order chi connectivity index (χ0) is 31.5. The normalized spacial score (nSPS) is 17.8. The number of aryl methyl sites for hydroxylation is 2. The first-order valence-corrected chi connectivity index (χ1v) is 15.4. The first-order chi connectivity index (χ1) is 21.1. The van der Waals surface area contributed by atoms with Crippen molar-refractivity contribution in [3.63, 3.8) is 0 Å². The summed E-state index contributed by atoms with van der Waals surface area (Å²) < 4.78 is 6.77. The van der Waals surface area contributed by atoms with Crippen molar-refractivity contribution < 1.29 is 58.6 Å². The number of carboxylic acid groups (broad SMARTS) is 1. The van der Waals surface area contributed by atoms with Gasteiger partial charge in [0.2, 0.25) is 16.5 Å². The summed E-state index contributed by atoms with van der Waals surface area (Å²) in [6, 6.07) is 6.03. The van der Waals surface area contributed by atoms with E-state index in [0.29, 0.717) is 22.0 Å². The number of carboxylic acids is 1. The number of aliphatic carboxylic acids is 1. The maximum Gasteiger partial charge on any atom is 1.00 e. The first-order valence-electron chi connectivity index (χ1n) is 12.9. The number of carbonyl (C=O) groups excluding carboxylic acids is 4. The van der Waals surface area contributed by atoms with Crippen LogP contribution in [0.3, 0.4) is 0 Å². The van der Waals surface area contributed by atoms with Crippen LogP contribution in [0.25, 0.3) is 0 Å². The summed E-state index contributed by atoms with van der Waals surface area (Å²) in [4.78, 5) is 67.7. The molecular weight excluding hydrogens is 659 g/mol. The van der Waals surface area contributed by atoms with Gasteiger partial charge in [0.1, 0.15) is 22.5 Å². The molecule has 0 radical (unpaired) electrons. The number of carbonyl (C=O) groups is 4. The Kier molecular flexibility index (Phi) is 11.4. The topological polar surface area (TPSA) is 204 Å². The van der Waals surface area contributed by atoms with Gasteiger partial charge in [0, 0.05) is 30.4 Å². The number of nitrogens with zero attached hydrogens (tertiary/aromatic N) is 5. The summed E-state index contributed by atoms with van der Waals surface area (Å²) in [7, 11) is 1.65. The molecule has 1 aromatic carbocycles. The van der Waals surface area contributed by atoms with Gasteiger partial charge in [-0.3, -0.25) is 24.1 Å². The SMILES string of the molecule is Cc1[nH]cc(OCC(=O)NC(C(=O)NC2C(=O)N3C(C(=O)[O-])=C(CSc4nnnn4C)CS[C@H]23)c2ccccc2)c(=O)c1Cl.[Na+]. The van der Waals surface area contributed by atoms with Gasteiger partial charge in [-0.25, -0.2) is 4.68 Å². The van der Waals surface area contributed by atoms with Gasteiger partial charge in [-0.1, -0.05) is 53.7 Å². The van der Waals surface area contributed by atoms with Gasteiger partial charge in [0.05, 0.1) is 11.7 Å². The van der Waals surface area contributed by atoms with Gasteiger partial charge in [-0.15, -0.1) is 16.9 Å². The fourth-order valence-corrected chi connectivity index (χ4v) is 6.98. The van der Waals surface area contributed by atoms with E-state index in [1.807, 2.05) is 0 Å². The van der Waals surface area contributed by atoms with Gasteiger partial charge in [0.25, 0.3) is 11.8 Å². The average molecular weight is 683 g/mol. The second kappa shape index (κ2) is 14.8. The third kappa shape index (κ3) is 7.39. The summed E-state index contributed by atoms with van der Waals surface area (Å²) in [5.41, 5.74) is 0.473. The zero-order valence-electron chi connectivity index (χ0n) is 24.1. The Morgan fingerprint density at radius 2 is 2.00 bits per heavy atom. The molecule has 3 aromatic rings. The number of aromatic nitrogens is 5. The number of amides is 3. The van der Waals surface area contributed by atoms with Crippen LogP contribution in [0.1, 0.15) is 17.3 Å². The zero-order valence-corrected chi connectivity index (χ0v) is 28.5. The molecule has 5 rings (SSSR count). The van der Waals surface area contributed by atoms with E-state index in [4.69, 9.17) is 16.3 Å². The molecular formula is C26H24ClN8NaO7S2. The molecule has 0 saturated carbocycles. The Hall–Kier alpha value is -3.35. The molecule has 2 unspecified atom stereocenters. The number of ether oxygens (including phenoxy) is 1. The maximum atomic E-state index is 13.5. The van der Waals surface area contributed by atoms with Gasteiger partial charge in [-0.05, 0) is 28.5 Å². The molecule has 3 N–H and O–H groups in total. The molecule has 4 heterocycles. The van der Waals surface area contributed by atoms with E-state index < -0.39 is 53.2 Å². The molecule has 230 valence electrons. The molecule has 0 bridgehead atoms. The minimum absolute atomic E-state index is 0. The summed E-state index contributed by atoms with van der Waals surface area (Å²) in [5.74, 6) is -3.26. The van der Waals surface area contributed by atoms with E-state index in [9.17, 15) is 29.1 Å². The number of thioether (sulfide) groups is 2. The number of H-pyrrole nitrogens is 1. The number of rotatable bonds is 11. The molecule has 3 atom stereocenters. The quantitative estimate of drug-likeness (QED) is 0.102. The van der Waals surface area contributed by atoms with E-state index in [1.54, 1.807) is 44.3 Å². The number of hydrogen-bond donors (Lipinski definition) is 3. The van der Waals surface area contributed by atoms with Gasteiger partial charge in [0.15, 0.2) is 12.4 Å². The van der Waals surface area contributed by atoms with E-state index in [0.717, 1.165) is 4.90 Å². The number of hydrogen-bond acceptors (Lipinski definition) is 12. The van der Waals surface area contributed by atoms with Crippen molar-refractivity contribution in [3.8, 4) is 5.75 Å². The Labute approximate surface area is 291 Å². The van der Waals surface area contributed by atoms with Crippen molar-refractivity contribution in [3.05, 3.63) is 74.3 Å². The minimum atomic E-state index is -1.51. The number of fused-ring (bicyclic) bond motifs is 1. The Balaban J connectivity index is 0.00000461. The fraction of sp³-hybridized carbons (Fsp3) is 0.308. The van der Waals surface area contributed by atoms with Crippen molar-refractivity contribution in [2.75, 3.05) is 18.1 Å². The third-order valence-corrected chi connectivity index (χ3v) is 9.62. The van der Waals surface area contributed by atoms with Crippen molar-refractivity contribution in [2.24, 2.45) is 7.05 Å². The van der Waals surface area contributed by atoms with Gasteiger partial charge < -0.3 is 30.3 Å². The number of aromatic amines is 1. The number of nitrogens with one attached hydrogen (secondary N) is 3. The summed E-state index contributed by atoms with van der Waals surface area (Å²) >= 11 is 8.45. The van der Waals surface area contributed by atoms with Crippen molar-refractivity contribution in [2.45, 2.75) is 29.5 Å². The number of halogens is 1. The van der Waals surface area contributed by atoms with Gasteiger partial charge in [-0.2, -0.15) is 0 Å². The molecule has 1 saturated heterocycles. The maximum absolute atomic E-state index is 13.5. The van der Waals surface area contributed by atoms with E-state index in [-0.39, 0.29) is 57.5 Å². The molecule has 45 heavy (non-hydrogen) atoms. The van der Waals surface area contributed by atoms with Crippen LogP contribution in [0, 0.1) is 6.92 Å². The van der Waals surface area contributed by atoms with Crippen LogP contribution in [0.5, 0.6) is 5.75 Å². The molecule has 15 nitrogen and oxygen atoms in total. The van der Waals surface area contributed by atoms with Crippen LogP contribution in [0.2, 0.25) is 5.02 Å². The second-order valence-electron chi connectivity index (χ2n) is 9.63. The van der Waals surface area contributed by atoms with Crippen LogP contribution in [0.15, 0.2) is 57.7 Å². The fourth-order valence-electron chi connectivity index (χ4n) is 4.49. The van der Waals surface area contributed by atoms with E-state index in [2.05, 4.69) is 31.1 Å². The molecule has 0 spiro atoms. The van der Waals surface area contributed by atoms with Crippen LogP contribution in [-0.2, 0) is 26.2 Å². The molecule has 3 amide bonds. The van der Waals surface area contributed by atoms with Crippen LogP contribution in [0.4, 0.5) is 0 Å². The first kappa shape index (κ1) is 34.5. The molecule has 2 aliphatic rings. The van der Waals surface area contributed by atoms with Crippen LogP contribution < -0.4 is 55.5 Å². The van der Waals surface area contributed by atoms with Crippen molar-refractivity contribution >= 4 is 58.8 Å². The molecule has 2 aliphatic heterocycles. The molecule has 1 fully saturated rings. The minimum Gasteiger partial charge on any atom is -0.543 e. The standard InChI is InChI=1S/C26H25ClN8O7S2.Na/c1-12-17(27)21(37)15(8-28-12)42-9-16(36)29-18(13-6-4-3-5-7-13)22(38)30-19-23(39)35-20(25(40)41)14(10-43-24(19)35)11-44-26-31-32-33-34(26)2;/h3-8,18-19,24H,9-11H2,1-2H3,(H,28,37)(H,29,36)(H,30,38)(H,40,41);/q;+1/p-1/t18?,19?,24-;/m1./s1. The van der Waals surface area contributed by atoms with Crippen LogP contribution >= 0.6 is 35.1 Å². The largest absolute Gasteiger partial charge is 1.00 e. The predicted octanol–water partition coefficient (Wildman–Crippen LogP) is -3.70. The Morgan fingerprint density at radius 3 is 2.67 bits per heavy atom. The predicted molar refractivity (Wildman–Crippen MR) is 156 cm³/mol. The third-order valence-electron chi connectivity index (χ3n) is 6.73. The summed E-state index contributed by atoms with van der Waals surface area (Å²) in [6.07, 6.45) is 1.28. The summed E-state index contributed by atoms with van der Waals surface area (Å²) in [6.45, 7) is 1.01. The number of tetrazole rings is 1. The van der Waals surface area contributed by atoms with Crippen molar-refractivity contribution in [1.29, 1.82) is 0 Å². The number of β-lactam (4-membered cyclic amide) rings is 1. The molecule has 19 heteroatoms. The number of pyridine rings is 1. The van der Waals surface area contributed by atoms with E-state index in [1.165, 1.54) is 34.4 Å². The monoisotopic (exact) mass is 682 g/mol. The Morgan fingerprint density at radius 1 is 1.27 bits per heavy atom. The van der Waals surface area contributed by atoms with E-state index >= 15 is 0 Å². The Bertz CT molecular complexity index is 1720. The van der Waals surface area contributed by atoms with Crippen LogP contribution in [-0.4, -0.2) is 83.3 Å². The summed E-state index contributed by atoms with van der Waals surface area (Å²) in [5, 5.41) is 28.2. The average Bonchev–Trinajstić information content (AvgIpc) is 3.43. The second-order valence-corrected chi connectivity index (χ2v) is 12.1. The molecule has 0 aliphatic carbocycles. The molecule has 2 aromatic heterocycles. The number of benzene rings is 1. The smallest absolute Gasteiger partial charge is 0.543 e.